The SMILES string of the molecule is C[C@@H]1CCc2c(sc3ncnc(S[C@@H](C(=O)N(C)C)c4ccccc4)c23)C1. The van der Waals surface area contributed by atoms with E-state index < -0.39 is 0 Å². The van der Waals surface area contributed by atoms with E-state index in [0.29, 0.717) is 0 Å². The third-order valence-corrected chi connectivity index (χ3v) is 7.46. The summed E-state index contributed by atoms with van der Waals surface area (Å²) in [6.45, 7) is 2.32. The molecule has 0 unspecified atom stereocenters. The molecule has 0 saturated carbocycles. The van der Waals surface area contributed by atoms with Gasteiger partial charge in [0.05, 0.1) is 0 Å². The first-order valence-electron chi connectivity index (χ1n) is 9.22. The minimum Gasteiger partial charge on any atom is -0.348 e. The van der Waals surface area contributed by atoms with E-state index in [0.717, 1.165) is 34.2 Å². The van der Waals surface area contributed by atoms with Gasteiger partial charge in [0.25, 0.3) is 0 Å². The predicted molar refractivity (Wildman–Crippen MR) is 112 cm³/mol. The molecule has 0 saturated heterocycles. The fraction of sp³-hybridized carbons (Fsp3) is 0.381. The van der Waals surface area contributed by atoms with Crippen molar-refractivity contribution in [2.75, 3.05) is 14.1 Å². The molecule has 6 heteroatoms. The van der Waals surface area contributed by atoms with E-state index in [1.165, 1.54) is 22.2 Å². The zero-order chi connectivity index (χ0) is 19.0. The van der Waals surface area contributed by atoms with Crippen LogP contribution in [0.15, 0.2) is 41.7 Å². The number of hydrogen-bond acceptors (Lipinski definition) is 5. The second kappa shape index (κ2) is 7.60. The van der Waals surface area contributed by atoms with E-state index in [-0.39, 0.29) is 11.2 Å². The van der Waals surface area contributed by atoms with Crippen molar-refractivity contribution < 1.29 is 4.79 Å². The molecule has 1 aromatic carbocycles. The van der Waals surface area contributed by atoms with Crippen LogP contribution in [-0.4, -0.2) is 34.9 Å². The summed E-state index contributed by atoms with van der Waals surface area (Å²) in [6, 6.07) is 9.97. The highest BCUT2D eigenvalue weighted by Gasteiger charge is 2.28. The van der Waals surface area contributed by atoms with E-state index in [1.807, 2.05) is 44.4 Å². The van der Waals surface area contributed by atoms with Gasteiger partial charge in [0.1, 0.15) is 21.4 Å². The maximum absolute atomic E-state index is 12.9. The van der Waals surface area contributed by atoms with Gasteiger partial charge in [-0.05, 0) is 36.3 Å². The van der Waals surface area contributed by atoms with Crippen molar-refractivity contribution in [1.82, 2.24) is 14.9 Å². The van der Waals surface area contributed by atoms with Crippen molar-refractivity contribution >= 4 is 39.2 Å². The van der Waals surface area contributed by atoms with E-state index in [9.17, 15) is 4.79 Å². The number of likely N-dealkylation sites (N-methyl/N-ethyl adjacent to an activating group) is 1. The average Bonchev–Trinajstić information content (AvgIpc) is 3.04. The molecule has 1 aliphatic rings. The second-order valence-corrected chi connectivity index (χ2v) is 9.53. The molecule has 0 aliphatic heterocycles. The molecule has 27 heavy (non-hydrogen) atoms. The molecule has 0 N–H and O–H groups in total. The van der Waals surface area contributed by atoms with Gasteiger partial charge in [0.15, 0.2) is 0 Å². The number of benzene rings is 1. The van der Waals surface area contributed by atoms with Crippen molar-refractivity contribution in [2.45, 2.75) is 36.5 Å². The van der Waals surface area contributed by atoms with Gasteiger partial charge in [-0.15, -0.1) is 11.3 Å². The Kier molecular flexibility index (Phi) is 5.19. The van der Waals surface area contributed by atoms with Crippen molar-refractivity contribution in [3.05, 3.63) is 52.7 Å². The van der Waals surface area contributed by atoms with Crippen molar-refractivity contribution in [3.8, 4) is 0 Å². The van der Waals surface area contributed by atoms with Gasteiger partial charge in [0.2, 0.25) is 5.91 Å². The van der Waals surface area contributed by atoms with Gasteiger partial charge in [-0.25, -0.2) is 9.97 Å². The number of nitrogens with zero attached hydrogens (tertiary/aromatic N) is 3. The van der Waals surface area contributed by atoms with Gasteiger partial charge < -0.3 is 4.90 Å². The minimum atomic E-state index is -0.308. The first kappa shape index (κ1) is 18.4. The highest BCUT2D eigenvalue weighted by Crippen LogP contribution is 2.44. The lowest BCUT2D eigenvalue weighted by molar-refractivity contribution is -0.128. The standard InChI is InChI=1S/C21H23N3OS2/c1-13-9-10-15-16(11-13)26-19-17(15)20(23-12-22-19)27-18(21(25)24(2)3)14-7-5-4-6-8-14/h4-8,12-13,18H,9-11H2,1-3H3/t13-,18-/m1/s1. The number of amides is 1. The van der Waals surface area contributed by atoms with Crippen molar-refractivity contribution in [2.24, 2.45) is 5.92 Å². The molecule has 2 aromatic heterocycles. The summed E-state index contributed by atoms with van der Waals surface area (Å²) in [6.07, 6.45) is 5.04. The first-order valence-corrected chi connectivity index (χ1v) is 10.9. The van der Waals surface area contributed by atoms with Gasteiger partial charge in [-0.3, -0.25) is 4.79 Å². The molecule has 0 spiro atoms. The molecule has 4 nitrogen and oxygen atoms in total. The van der Waals surface area contributed by atoms with E-state index in [1.54, 1.807) is 34.3 Å². The highest BCUT2D eigenvalue weighted by atomic mass is 32.2. The Bertz CT molecular complexity index is 968. The van der Waals surface area contributed by atoms with E-state index >= 15 is 0 Å². The monoisotopic (exact) mass is 397 g/mol. The summed E-state index contributed by atoms with van der Waals surface area (Å²) in [5, 5.41) is 1.79. The molecular weight excluding hydrogens is 374 g/mol. The van der Waals surface area contributed by atoms with Crippen LogP contribution in [-0.2, 0) is 17.6 Å². The summed E-state index contributed by atoms with van der Waals surface area (Å²) in [4.78, 5) is 26.2. The lowest BCUT2D eigenvalue weighted by Crippen LogP contribution is -2.26. The number of thiophene rings is 1. The Morgan fingerprint density at radius 3 is 2.78 bits per heavy atom. The maximum atomic E-state index is 12.9. The van der Waals surface area contributed by atoms with Gasteiger partial charge in [0, 0.05) is 24.4 Å². The Morgan fingerprint density at radius 2 is 2.04 bits per heavy atom. The average molecular weight is 398 g/mol. The zero-order valence-corrected chi connectivity index (χ0v) is 17.4. The topological polar surface area (TPSA) is 46.1 Å². The summed E-state index contributed by atoms with van der Waals surface area (Å²) in [5.74, 6) is 0.803. The van der Waals surface area contributed by atoms with Crippen LogP contribution >= 0.6 is 23.1 Å². The quantitative estimate of drug-likeness (QED) is 0.471. The number of hydrogen-bond donors (Lipinski definition) is 0. The van der Waals surface area contributed by atoms with E-state index in [4.69, 9.17) is 0 Å². The molecular formula is C21H23N3OS2. The molecule has 1 aliphatic carbocycles. The largest absolute Gasteiger partial charge is 0.348 e. The molecule has 4 rings (SSSR count). The molecule has 1 amide bonds. The Balaban J connectivity index is 1.78. The summed E-state index contributed by atoms with van der Waals surface area (Å²) < 4.78 is 0. The number of aromatic nitrogens is 2. The molecule has 2 heterocycles. The smallest absolute Gasteiger partial charge is 0.240 e. The summed E-state index contributed by atoms with van der Waals surface area (Å²) in [7, 11) is 3.62. The third kappa shape index (κ3) is 3.60. The fourth-order valence-electron chi connectivity index (χ4n) is 3.57. The summed E-state index contributed by atoms with van der Waals surface area (Å²) in [5.41, 5.74) is 2.41. The van der Waals surface area contributed by atoms with Gasteiger partial charge in [-0.1, -0.05) is 49.0 Å². The fourth-order valence-corrected chi connectivity index (χ4v) is 6.26. The van der Waals surface area contributed by atoms with Gasteiger partial charge >= 0.3 is 0 Å². The highest BCUT2D eigenvalue weighted by molar-refractivity contribution is 8.00. The molecule has 140 valence electrons. The molecule has 0 bridgehead atoms. The molecule has 0 radical (unpaired) electrons. The number of aryl methyl sites for hydroxylation is 1. The predicted octanol–water partition coefficient (Wildman–Crippen LogP) is 4.74. The lowest BCUT2D eigenvalue weighted by Gasteiger charge is -2.21. The van der Waals surface area contributed by atoms with Crippen LogP contribution in [0, 0.1) is 5.92 Å². The normalized spacial score (nSPS) is 17.5. The van der Waals surface area contributed by atoms with Crippen LogP contribution < -0.4 is 0 Å². The Labute approximate surface area is 168 Å². The number of carbonyl (C=O) groups is 1. The number of fused-ring (bicyclic) bond motifs is 3. The van der Waals surface area contributed by atoms with Crippen LogP contribution in [0.2, 0.25) is 0 Å². The maximum Gasteiger partial charge on any atom is 0.240 e. The first-order chi connectivity index (χ1) is 13.0. The second-order valence-electron chi connectivity index (χ2n) is 7.35. The van der Waals surface area contributed by atoms with Crippen LogP contribution in [0.5, 0.6) is 0 Å². The zero-order valence-electron chi connectivity index (χ0n) is 15.8. The molecule has 3 aromatic rings. The van der Waals surface area contributed by atoms with Crippen LogP contribution in [0.4, 0.5) is 0 Å². The van der Waals surface area contributed by atoms with Crippen molar-refractivity contribution in [1.29, 1.82) is 0 Å². The Hall–Kier alpha value is -1.92. The van der Waals surface area contributed by atoms with Crippen molar-refractivity contribution in [3.63, 3.8) is 0 Å². The van der Waals surface area contributed by atoms with Gasteiger partial charge in [-0.2, -0.15) is 0 Å². The number of rotatable bonds is 4. The third-order valence-electron chi connectivity index (χ3n) is 5.05. The molecule has 2 atom stereocenters. The minimum absolute atomic E-state index is 0.0793. The molecule has 0 fully saturated rings. The van der Waals surface area contributed by atoms with Crippen LogP contribution in [0.1, 0.15) is 34.6 Å². The van der Waals surface area contributed by atoms with Crippen LogP contribution in [0.25, 0.3) is 10.2 Å². The lowest BCUT2D eigenvalue weighted by atomic mass is 9.89. The number of thioether (sulfide) groups is 1. The number of carbonyl (C=O) groups excluding carboxylic acids is 1. The summed E-state index contributed by atoms with van der Waals surface area (Å²) >= 11 is 3.35. The van der Waals surface area contributed by atoms with Crippen LogP contribution in [0.3, 0.4) is 0 Å². The van der Waals surface area contributed by atoms with E-state index in [2.05, 4.69) is 16.9 Å². The Morgan fingerprint density at radius 1 is 1.26 bits per heavy atom.